The number of nitro groups is 1. The van der Waals surface area contributed by atoms with E-state index in [1.165, 1.54) is 38.4 Å². The number of benzene rings is 2. The van der Waals surface area contributed by atoms with Crippen molar-refractivity contribution in [1.29, 1.82) is 0 Å². The predicted octanol–water partition coefficient (Wildman–Crippen LogP) is 2.95. The molecular formula is C17H14ClN3O6. The fourth-order valence-corrected chi connectivity index (χ4v) is 2.21. The molecule has 9 nitrogen and oxygen atoms in total. The fraction of sp³-hybridized carbons (Fsp3) is 0.118. The summed E-state index contributed by atoms with van der Waals surface area (Å²) < 4.78 is 10.1. The standard InChI is InChI=1S/C17H14ClN3O6/c1-10(22)27-15-6-3-11(7-16(15)26-2)9-19-20-17(23)12-4-5-13(18)14(8-12)21(24)25/h3-9H,1-2H3,(H,20,23). The molecule has 0 heterocycles. The van der Waals surface area contributed by atoms with E-state index >= 15 is 0 Å². The van der Waals surface area contributed by atoms with E-state index in [9.17, 15) is 19.7 Å². The maximum absolute atomic E-state index is 12.0. The van der Waals surface area contributed by atoms with Gasteiger partial charge in [-0.3, -0.25) is 19.7 Å². The molecule has 0 aliphatic carbocycles. The zero-order valence-corrected chi connectivity index (χ0v) is 15.0. The quantitative estimate of drug-likeness (QED) is 0.266. The highest BCUT2D eigenvalue weighted by Crippen LogP contribution is 2.28. The van der Waals surface area contributed by atoms with Crippen LogP contribution in [0.5, 0.6) is 11.5 Å². The third-order valence-corrected chi connectivity index (χ3v) is 3.55. The van der Waals surface area contributed by atoms with Gasteiger partial charge in [0.25, 0.3) is 11.6 Å². The lowest BCUT2D eigenvalue weighted by molar-refractivity contribution is -0.384. The number of hydrogen-bond acceptors (Lipinski definition) is 7. The van der Waals surface area contributed by atoms with Gasteiger partial charge in [0.1, 0.15) is 5.02 Å². The van der Waals surface area contributed by atoms with Gasteiger partial charge in [-0.2, -0.15) is 5.10 Å². The van der Waals surface area contributed by atoms with Crippen molar-refractivity contribution in [3.05, 3.63) is 62.7 Å². The van der Waals surface area contributed by atoms with Gasteiger partial charge in [0.15, 0.2) is 11.5 Å². The van der Waals surface area contributed by atoms with Gasteiger partial charge < -0.3 is 9.47 Å². The zero-order chi connectivity index (χ0) is 20.0. The first-order valence-electron chi connectivity index (χ1n) is 7.45. The summed E-state index contributed by atoms with van der Waals surface area (Å²) in [6, 6.07) is 8.34. The van der Waals surface area contributed by atoms with Crippen molar-refractivity contribution in [2.24, 2.45) is 5.10 Å². The summed E-state index contributed by atoms with van der Waals surface area (Å²) in [5.41, 5.74) is 2.47. The normalized spacial score (nSPS) is 10.5. The van der Waals surface area contributed by atoms with Gasteiger partial charge in [-0.25, -0.2) is 5.43 Å². The van der Waals surface area contributed by atoms with Crippen LogP contribution in [0.25, 0.3) is 0 Å². The molecule has 0 aromatic heterocycles. The summed E-state index contributed by atoms with van der Waals surface area (Å²) >= 11 is 5.71. The number of nitrogens with one attached hydrogen (secondary N) is 1. The molecule has 2 aromatic rings. The average molecular weight is 392 g/mol. The molecule has 0 saturated carbocycles. The Labute approximate surface area is 158 Å². The first-order valence-corrected chi connectivity index (χ1v) is 7.83. The molecule has 1 N–H and O–H groups in total. The Morgan fingerprint density at radius 3 is 2.59 bits per heavy atom. The van der Waals surface area contributed by atoms with E-state index in [1.54, 1.807) is 12.1 Å². The van der Waals surface area contributed by atoms with Gasteiger partial charge in [-0.1, -0.05) is 11.6 Å². The van der Waals surface area contributed by atoms with Crippen molar-refractivity contribution in [3.63, 3.8) is 0 Å². The number of nitro benzene ring substituents is 1. The second kappa shape index (κ2) is 8.77. The molecule has 0 unspecified atom stereocenters. The molecule has 0 fully saturated rings. The van der Waals surface area contributed by atoms with Crippen LogP contribution in [0.2, 0.25) is 5.02 Å². The fourth-order valence-electron chi connectivity index (χ4n) is 2.03. The highest BCUT2D eigenvalue weighted by Gasteiger charge is 2.16. The van der Waals surface area contributed by atoms with Crippen LogP contribution in [-0.2, 0) is 4.79 Å². The first-order chi connectivity index (χ1) is 12.8. The summed E-state index contributed by atoms with van der Waals surface area (Å²) in [6.45, 7) is 1.27. The number of nitrogens with zero attached hydrogens (tertiary/aromatic N) is 2. The zero-order valence-electron chi connectivity index (χ0n) is 14.3. The van der Waals surface area contributed by atoms with Gasteiger partial charge in [0.2, 0.25) is 0 Å². The summed E-state index contributed by atoms with van der Waals surface area (Å²) in [5.74, 6) is -0.568. The van der Waals surface area contributed by atoms with Gasteiger partial charge in [-0.15, -0.1) is 0 Å². The molecule has 10 heteroatoms. The number of methoxy groups -OCH3 is 1. The summed E-state index contributed by atoms with van der Waals surface area (Å²) in [5, 5.41) is 14.6. The van der Waals surface area contributed by atoms with Crippen LogP contribution in [0.3, 0.4) is 0 Å². The third kappa shape index (κ3) is 5.25. The average Bonchev–Trinajstić information content (AvgIpc) is 2.62. The minimum absolute atomic E-state index is 0.0334. The van der Waals surface area contributed by atoms with E-state index in [0.717, 1.165) is 6.07 Å². The molecule has 0 aliphatic rings. The third-order valence-electron chi connectivity index (χ3n) is 3.23. The van der Waals surface area contributed by atoms with Crippen LogP contribution in [0, 0.1) is 10.1 Å². The number of amides is 1. The Hall–Kier alpha value is -3.46. The molecule has 0 bridgehead atoms. The largest absolute Gasteiger partial charge is 0.493 e. The van der Waals surface area contributed by atoms with Crippen LogP contribution in [0.1, 0.15) is 22.8 Å². The van der Waals surface area contributed by atoms with Gasteiger partial charge in [0.05, 0.1) is 18.2 Å². The molecule has 0 saturated heterocycles. The van der Waals surface area contributed by atoms with Crippen LogP contribution in [0.15, 0.2) is 41.5 Å². The van der Waals surface area contributed by atoms with E-state index in [0.29, 0.717) is 11.3 Å². The number of rotatable bonds is 6. The van der Waals surface area contributed by atoms with Gasteiger partial charge in [0, 0.05) is 18.6 Å². The maximum Gasteiger partial charge on any atom is 0.308 e. The van der Waals surface area contributed by atoms with E-state index < -0.39 is 16.8 Å². The monoisotopic (exact) mass is 391 g/mol. The molecular weight excluding hydrogens is 378 g/mol. The number of halogens is 1. The Balaban J connectivity index is 2.11. The SMILES string of the molecule is COc1cc(C=NNC(=O)c2ccc(Cl)c([N+](=O)[O-])c2)ccc1OC(C)=O. The minimum Gasteiger partial charge on any atom is -0.493 e. The van der Waals surface area contributed by atoms with E-state index in [4.69, 9.17) is 21.1 Å². The lowest BCUT2D eigenvalue weighted by Crippen LogP contribution is -2.17. The number of hydrogen-bond donors (Lipinski definition) is 1. The Bertz CT molecular complexity index is 929. The number of hydrazone groups is 1. The van der Waals surface area contributed by atoms with Crippen LogP contribution < -0.4 is 14.9 Å². The molecule has 0 spiro atoms. The van der Waals surface area contributed by atoms with Crippen molar-refractivity contribution >= 4 is 35.4 Å². The summed E-state index contributed by atoms with van der Waals surface area (Å²) in [6.07, 6.45) is 1.34. The Kier molecular flexibility index (Phi) is 6.45. The molecule has 0 aliphatic heterocycles. The van der Waals surface area contributed by atoms with Crippen molar-refractivity contribution in [1.82, 2.24) is 5.43 Å². The number of carbonyl (C=O) groups excluding carboxylic acids is 2. The van der Waals surface area contributed by atoms with Crippen LogP contribution in [-0.4, -0.2) is 30.1 Å². The Morgan fingerprint density at radius 1 is 1.22 bits per heavy atom. The molecule has 2 rings (SSSR count). The predicted molar refractivity (Wildman–Crippen MR) is 97.5 cm³/mol. The van der Waals surface area contributed by atoms with E-state index in [-0.39, 0.29) is 22.0 Å². The second-order valence-electron chi connectivity index (χ2n) is 5.13. The number of esters is 1. The topological polar surface area (TPSA) is 120 Å². The first kappa shape index (κ1) is 19.9. The highest BCUT2D eigenvalue weighted by molar-refractivity contribution is 6.32. The van der Waals surface area contributed by atoms with Crippen molar-refractivity contribution in [2.75, 3.05) is 7.11 Å². The summed E-state index contributed by atoms with van der Waals surface area (Å²) in [7, 11) is 1.42. The molecule has 27 heavy (non-hydrogen) atoms. The van der Waals surface area contributed by atoms with Gasteiger partial charge in [-0.05, 0) is 35.9 Å². The lowest BCUT2D eigenvalue weighted by atomic mass is 10.2. The molecule has 1 amide bonds. The lowest BCUT2D eigenvalue weighted by Gasteiger charge is -2.08. The second-order valence-corrected chi connectivity index (χ2v) is 5.53. The van der Waals surface area contributed by atoms with E-state index in [2.05, 4.69) is 10.5 Å². The molecule has 140 valence electrons. The maximum atomic E-state index is 12.0. The molecule has 0 atom stereocenters. The van der Waals surface area contributed by atoms with E-state index in [1.807, 2.05) is 0 Å². The smallest absolute Gasteiger partial charge is 0.308 e. The summed E-state index contributed by atoms with van der Waals surface area (Å²) in [4.78, 5) is 33.3. The van der Waals surface area contributed by atoms with Crippen LogP contribution >= 0.6 is 11.6 Å². The number of ether oxygens (including phenoxy) is 2. The highest BCUT2D eigenvalue weighted by atomic mass is 35.5. The van der Waals surface area contributed by atoms with Crippen molar-refractivity contribution in [3.8, 4) is 11.5 Å². The van der Waals surface area contributed by atoms with Crippen molar-refractivity contribution in [2.45, 2.75) is 6.92 Å². The molecule has 0 radical (unpaired) electrons. The Morgan fingerprint density at radius 2 is 1.96 bits per heavy atom. The minimum atomic E-state index is -0.681. The van der Waals surface area contributed by atoms with Crippen LogP contribution in [0.4, 0.5) is 5.69 Å². The molecule has 2 aromatic carbocycles. The number of carbonyl (C=O) groups is 2. The van der Waals surface area contributed by atoms with Gasteiger partial charge >= 0.3 is 5.97 Å². The van der Waals surface area contributed by atoms with Crippen molar-refractivity contribution < 1.29 is 24.0 Å².